The van der Waals surface area contributed by atoms with Crippen LogP contribution in [-0.4, -0.2) is 18.0 Å². The highest BCUT2D eigenvalue weighted by atomic mass is 19.4. The van der Waals surface area contributed by atoms with Gasteiger partial charge < -0.3 is 14.5 Å². The van der Waals surface area contributed by atoms with E-state index < -0.39 is 29.7 Å². The fourth-order valence-electron chi connectivity index (χ4n) is 1.68. The van der Waals surface area contributed by atoms with Gasteiger partial charge in [0, 0.05) is 5.69 Å². The summed E-state index contributed by atoms with van der Waals surface area (Å²) in [5.74, 6) is -1.69. The van der Waals surface area contributed by atoms with E-state index in [4.69, 9.17) is 9.15 Å². The van der Waals surface area contributed by atoms with Gasteiger partial charge in [-0.1, -0.05) is 6.07 Å². The maximum absolute atomic E-state index is 12.6. The highest BCUT2D eigenvalue weighted by molar-refractivity contribution is 5.96. The fraction of sp³-hybridized carbons (Fsp3) is 0.200. The van der Waals surface area contributed by atoms with E-state index in [1.165, 1.54) is 31.4 Å². The number of alkyl halides is 3. The van der Waals surface area contributed by atoms with Crippen molar-refractivity contribution in [2.75, 3.05) is 5.32 Å². The summed E-state index contributed by atoms with van der Waals surface area (Å²) in [6.07, 6.45) is -4.45. The molecule has 1 N–H and O–H groups in total. The van der Waals surface area contributed by atoms with Crippen LogP contribution in [0.3, 0.4) is 0 Å². The molecule has 1 heterocycles. The van der Waals surface area contributed by atoms with Crippen molar-refractivity contribution in [2.24, 2.45) is 0 Å². The molecule has 0 aliphatic carbocycles. The topological polar surface area (TPSA) is 68.5 Å². The van der Waals surface area contributed by atoms with E-state index in [2.05, 4.69) is 5.32 Å². The zero-order valence-electron chi connectivity index (χ0n) is 11.9. The second kappa shape index (κ2) is 6.55. The Bertz CT molecular complexity index is 695. The highest BCUT2D eigenvalue weighted by Gasteiger charge is 2.30. The Kier molecular flexibility index (Phi) is 4.73. The Hall–Kier alpha value is -2.77. The zero-order chi connectivity index (χ0) is 17.0. The van der Waals surface area contributed by atoms with Crippen molar-refractivity contribution in [1.82, 2.24) is 0 Å². The average Bonchev–Trinajstić information content (AvgIpc) is 3.00. The smallest absolute Gasteiger partial charge is 0.416 e. The second-order valence-electron chi connectivity index (χ2n) is 4.59. The Labute approximate surface area is 129 Å². The van der Waals surface area contributed by atoms with E-state index in [0.717, 1.165) is 18.2 Å². The molecular formula is C15H12F3NO4. The van der Waals surface area contributed by atoms with Crippen molar-refractivity contribution in [3.8, 4) is 0 Å². The van der Waals surface area contributed by atoms with E-state index in [-0.39, 0.29) is 11.4 Å². The Morgan fingerprint density at radius 3 is 2.57 bits per heavy atom. The lowest BCUT2D eigenvalue weighted by Gasteiger charge is -2.14. The van der Waals surface area contributed by atoms with Crippen LogP contribution >= 0.6 is 0 Å². The number of rotatable bonds is 4. The minimum absolute atomic E-state index is 0.0503. The Balaban J connectivity index is 2.00. The van der Waals surface area contributed by atoms with Gasteiger partial charge in [-0.3, -0.25) is 4.79 Å². The average molecular weight is 327 g/mol. The molecule has 1 atom stereocenters. The van der Waals surface area contributed by atoms with Crippen molar-refractivity contribution < 1.29 is 31.9 Å². The van der Waals surface area contributed by atoms with Gasteiger partial charge in [0.25, 0.3) is 5.91 Å². The lowest BCUT2D eigenvalue weighted by molar-refractivity contribution is -0.137. The van der Waals surface area contributed by atoms with E-state index in [0.29, 0.717) is 0 Å². The molecule has 2 aromatic rings. The number of amides is 1. The molecule has 8 heteroatoms. The molecule has 5 nitrogen and oxygen atoms in total. The molecule has 122 valence electrons. The number of halogens is 3. The number of carbonyl (C=O) groups excluding carboxylic acids is 2. The molecule has 23 heavy (non-hydrogen) atoms. The van der Waals surface area contributed by atoms with Crippen molar-refractivity contribution in [3.05, 3.63) is 54.0 Å². The summed E-state index contributed by atoms with van der Waals surface area (Å²) < 4.78 is 47.5. The van der Waals surface area contributed by atoms with Crippen LogP contribution in [0.25, 0.3) is 0 Å². The number of hydrogen-bond donors (Lipinski definition) is 1. The molecule has 0 bridgehead atoms. The largest absolute Gasteiger partial charge is 0.457 e. The molecule has 0 aliphatic rings. The number of esters is 1. The summed E-state index contributed by atoms with van der Waals surface area (Å²) in [5.41, 5.74) is -0.943. The molecule has 0 radical (unpaired) electrons. The molecule has 0 spiro atoms. The van der Waals surface area contributed by atoms with Gasteiger partial charge in [0.2, 0.25) is 5.76 Å². The van der Waals surface area contributed by atoms with Crippen molar-refractivity contribution in [3.63, 3.8) is 0 Å². The first-order valence-corrected chi connectivity index (χ1v) is 6.50. The number of furan rings is 1. The summed E-state index contributed by atoms with van der Waals surface area (Å²) in [5, 5.41) is 2.26. The van der Waals surface area contributed by atoms with Gasteiger partial charge in [-0.15, -0.1) is 0 Å². The molecule has 0 saturated heterocycles. The van der Waals surface area contributed by atoms with Crippen LogP contribution in [0, 0.1) is 0 Å². The number of ether oxygens (including phenoxy) is 1. The number of anilines is 1. The van der Waals surface area contributed by atoms with E-state index >= 15 is 0 Å². The maximum Gasteiger partial charge on any atom is 0.416 e. The van der Waals surface area contributed by atoms with Crippen LogP contribution in [0.1, 0.15) is 23.0 Å². The van der Waals surface area contributed by atoms with Gasteiger partial charge in [0.1, 0.15) is 0 Å². The lowest BCUT2D eigenvalue weighted by atomic mass is 10.2. The first-order valence-electron chi connectivity index (χ1n) is 6.50. The van der Waals surface area contributed by atoms with Crippen molar-refractivity contribution in [2.45, 2.75) is 19.2 Å². The number of carbonyl (C=O) groups is 2. The molecule has 1 aromatic carbocycles. The molecule has 1 aromatic heterocycles. The standard InChI is InChI=1S/C15H12F3NO4/c1-9(23-14(21)12-6-3-7-22-12)13(20)19-11-5-2-4-10(8-11)15(16,17)18/h2-9H,1H3,(H,19,20)/t9-/m1/s1. The van der Waals surface area contributed by atoms with Crippen molar-refractivity contribution in [1.29, 1.82) is 0 Å². The fourth-order valence-corrected chi connectivity index (χ4v) is 1.68. The van der Waals surface area contributed by atoms with Crippen LogP contribution in [-0.2, 0) is 15.7 Å². The molecule has 0 aliphatic heterocycles. The van der Waals surface area contributed by atoms with Crippen LogP contribution in [0.2, 0.25) is 0 Å². The third-order valence-electron chi connectivity index (χ3n) is 2.83. The van der Waals surface area contributed by atoms with E-state index in [1.807, 2.05) is 0 Å². The minimum atomic E-state index is -4.52. The predicted molar refractivity (Wildman–Crippen MR) is 73.7 cm³/mol. The molecule has 1 amide bonds. The van der Waals surface area contributed by atoms with Gasteiger partial charge >= 0.3 is 12.1 Å². The summed E-state index contributed by atoms with van der Waals surface area (Å²) in [7, 11) is 0. The normalized spacial score (nSPS) is 12.5. The summed E-state index contributed by atoms with van der Waals surface area (Å²) in [6, 6.07) is 6.98. The summed E-state index contributed by atoms with van der Waals surface area (Å²) >= 11 is 0. The SMILES string of the molecule is C[C@@H](OC(=O)c1ccco1)C(=O)Nc1cccc(C(F)(F)F)c1. The Morgan fingerprint density at radius 1 is 1.22 bits per heavy atom. The monoisotopic (exact) mass is 327 g/mol. The molecule has 0 fully saturated rings. The highest BCUT2D eigenvalue weighted by Crippen LogP contribution is 2.30. The van der Waals surface area contributed by atoms with Gasteiger partial charge in [-0.25, -0.2) is 4.79 Å². The van der Waals surface area contributed by atoms with Gasteiger partial charge in [-0.2, -0.15) is 13.2 Å². The quantitative estimate of drug-likeness (QED) is 0.873. The molecule has 0 saturated carbocycles. The van der Waals surface area contributed by atoms with E-state index in [1.54, 1.807) is 0 Å². The van der Waals surface area contributed by atoms with Crippen LogP contribution < -0.4 is 5.32 Å². The second-order valence-corrected chi connectivity index (χ2v) is 4.59. The molecule has 0 unspecified atom stereocenters. The number of benzene rings is 1. The van der Waals surface area contributed by atoms with Gasteiger partial charge in [-0.05, 0) is 37.3 Å². The maximum atomic E-state index is 12.6. The summed E-state index contributed by atoms with van der Waals surface area (Å²) in [4.78, 5) is 23.5. The first-order chi connectivity index (χ1) is 10.8. The molecule has 2 rings (SSSR count). The van der Waals surface area contributed by atoms with Crippen LogP contribution in [0.15, 0.2) is 47.1 Å². The zero-order valence-corrected chi connectivity index (χ0v) is 11.9. The molecular weight excluding hydrogens is 315 g/mol. The third kappa shape index (κ3) is 4.35. The van der Waals surface area contributed by atoms with Gasteiger partial charge in [0.05, 0.1) is 11.8 Å². The van der Waals surface area contributed by atoms with Gasteiger partial charge in [0.15, 0.2) is 6.10 Å². The number of hydrogen-bond acceptors (Lipinski definition) is 4. The van der Waals surface area contributed by atoms with Crippen molar-refractivity contribution >= 4 is 17.6 Å². The third-order valence-corrected chi connectivity index (χ3v) is 2.83. The minimum Gasteiger partial charge on any atom is -0.457 e. The van der Waals surface area contributed by atoms with Crippen LogP contribution in [0.5, 0.6) is 0 Å². The number of nitrogens with one attached hydrogen (secondary N) is 1. The predicted octanol–water partition coefficient (Wildman–Crippen LogP) is 3.48. The van der Waals surface area contributed by atoms with Crippen LogP contribution in [0.4, 0.5) is 18.9 Å². The first kappa shape index (κ1) is 16.6. The van der Waals surface area contributed by atoms with E-state index in [9.17, 15) is 22.8 Å². The Morgan fingerprint density at radius 2 is 1.96 bits per heavy atom. The lowest BCUT2D eigenvalue weighted by Crippen LogP contribution is -2.30. The summed E-state index contributed by atoms with van der Waals surface area (Å²) in [6.45, 7) is 1.30.